The van der Waals surface area contributed by atoms with E-state index in [1.165, 1.54) is 11.3 Å². The Kier molecular flexibility index (Phi) is 9.59. The second kappa shape index (κ2) is 13.3. The molecule has 0 radical (unpaired) electrons. The van der Waals surface area contributed by atoms with Crippen LogP contribution in [0.4, 0.5) is 5.00 Å². The zero-order chi connectivity index (χ0) is 27.8. The van der Waals surface area contributed by atoms with Gasteiger partial charge in [-0.15, -0.1) is 11.3 Å². The lowest BCUT2D eigenvalue weighted by Crippen LogP contribution is -2.30. The van der Waals surface area contributed by atoms with Crippen LogP contribution in [0, 0.1) is 5.92 Å². The van der Waals surface area contributed by atoms with Crippen molar-refractivity contribution in [1.29, 1.82) is 0 Å². The number of carbonyl (C=O) groups is 3. The first kappa shape index (κ1) is 28.2. The van der Waals surface area contributed by atoms with Crippen LogP contribution in [0.5, 0.6) is 11.5 Å². The second-order valence-corrected chi connectivity index (χ2v) is 10.4. The van der Waals surface area contributed by atoms with E-state index in [2.05, 4.69) is 17.6 Å². The number of fused-ring (bicyclic) bond motifs is 1. The summed E-state index contributed by atoms with van der Waals surface area (Å²) in [6.45, 7) is 7.10. The number of amides is 2. The number of nitrogens with one attached hydrogen (secondary N) is 2. The van der Waals surface area contributed by atoms with Crippen molar-refractivity contribution in [3.8, 4) is 11.5 Å². The highest BCUT2D eigenvalue weighted by Gasteiger charge is 2.28. The quantitative estimate of drug-likeness (QED) is 0.241. The average Bonchev–Trinajstić information content (AvgIpc) is 3.28. The Hall–Kier alpha value is -3.85. The van der Waals surface area contributed by atoms with Crippen molar-refractivity contribution < 1.29 is 28.6 Å². The van der Waals surface area contributed by atoms with Gasteiger partial charge in [0, 0.05) is 10.4 Å². The van der Waals surface area contributed by atoms with Crippen molar-refractivity contribution in [1.82, 2.24) is 5.32 Å². The summed E-state index contributed by atoms with van der Waals surface area (Å²) in [5, 5.41) is 6.35. The summed E-state index contributed by atoms with van der Waals surface area (Å²) in [5.74, 6) is 0.627. The topological polar surface area (TPSA) is 103 Å². The van der Waals surface area contributed by atoms with E-state index < -0.39 is 5.97 Å². The minimum Gasteiger partial charge on any atom is -0.494 e. The molecular formula is C30H34N2O6S. The molecule has 2 amide bonds. The summed E-state index contributed by atoms with van der Waals surface area (Å²) >= 11 is 1.46. The molecule has 1 aliphatic rings. The van der Waals surface area contributed by atoms with E-state index >= 15 is 0 Å². The van der Waals surface area contributed by atoms with Gasteiger partial charge in [0.2, 0.25) is 0 Å². The van der Waals surface area contributed by atoms with Gasteiger partial charge >= 0.3 is 5.97 Å². The van der Waals surface area contributed by atoms with E-state index in [0.717, 1.165) is 29.7 Å². The molecule has 4 rings (SSSR count). The maximum absolute atomic E-state index is 13.3. The predicted molar refractivity (Wildman–Crippen MR) is 151 cm³/mol. The summed E-state index contributed by atoms with van der Waals surface area (Å²) in [5.41, 5.74) is 2.31. The van der Waals surface area contributed by atoms with Crippen molar-refractivity contribution >= 4 is 34.1 Å². The van der Waals surface area contributed by atoms with Crippen molar-refractivity contribution in [2.24, 2.45) is 5.92 Å². The number of esters is 1. The van der Waals surface area contributed by atoms with Gasteiger partial charge in [-0.25, -0.2) is 4.79 Å². The van der Waals surface area contributed by atoms with E-state index in [4.69, 9.17) is 14.2 Å². The lowest BCUT2D eigenvalue weighted by atomic mass is 9.88. The molecule has 39 heavy (non-hydrogen) atoms. The maximum atomic E-state index is 13.3. The Morgan fingerprint density at radius 3 is 2.31 bits per heavy atom. The molecule has 0 aliphatic heterocycles. The highest BCUT2D eigenvalue weighted by atomic mass is 32.1. The van der Waals surface area contributed by atoms with Crippen LogP contribution in [0.3, 0.4) is 0 Å². The Bertz CT molecular complexity index is 1330. The molecule has 1 aromatic heterocycles. The van der Waals surface area contributed by atoms with Crippen LogP contribution < -0.4 is 20.1 Å². The largest absolute Gasteiger partial charge is 0.494 e. The van der Waals surface area contributed by atoms with Crippen molar-refractivity contribution in [3.05, 3.63) is 75.7 Å². The van der Waals surface area contributed by atoms with E-state index in [9.17, 15) is 14.4 Å². The molecule has 1 unspecified atom stereocenters. The van der Waals surface area contributed by atoms with Crippen molar-refractivity contribution in [2.45, 2.75) is 40.0 Å². The fraction of sp³-hybridized carbons (Fsp3) is 0.367. The van der Waals surface area contributed by atoms with E-state index in [-0.39, 0.29) is 25.0 Å². The molecule has 9 heteroatoms. The lowest BCUT2D eigenvalue weighted by molar-refractivity contribution is 0.0502. The molecule has 3 aromatic rings. The molecule has 1 atom stereocenters. The van der Waals surface area contributed by atoms with Gasteiger partial charge in [0.25, 0.3) is 11.8 Å². The molecule has 1 heterocycles. The van der Waals surface area contributed by atoms with Gasteiger partial charge in [-0.1, -0.05) is 19.1 Å². The molecule has 0 saturated heterocycles. The minimum atomic E-state index is -0.491. The van der Waals surface area contributed by atoms with Gasteiger partial charge in [-0.05, 0) is 81.0 Å². The normalized spacial score (nSPS) is 14.2. The average molecular weight is 551 g/mol. The van der Waals surface area contributed by atoms with E-state index in [1.54, 1.807) is 48.5 Å². The van der Waals surface area contributed by atoms with E-state index in [1.807, 2.05) is 13.8 Å². The SMILES string of the molecule is CCOc1cccc(C(=O)Nc2sc3c(c2C(=O)NCCOC(=O)c2cccc(OCC)c2)CCC(C)C3)c1. The predicted octanol–water partition coefficient (Wildman–Crippen LogP) is 5.51. The minimum absolute atomic E-state index is 0.0126. The Labute approximate surface area is 232 Å². The molecule has 2 N–H and O–H groups in total. The Morgan fingerprint density at radius 1 is 0.949 bits per heavy atom. The number of benzene rings is 2. The molecule has 1 aliphatic carbocycles. The maximum Gasteiger partial charge on any atom is 0.338 e. The number of rotatable bonds is 11. The highest BCUT2D eigenvalue weighted by Crippen LogP contribution is 2.40. The number of anilines is 1. The highest BCUT2D eigenvalue weighted by molar-refractivity contribution is 7.17. The molecule has 0 bridgehead atoms. The van der Waals surface area contributed by atoms with E-state index in [0.29, 0.717) is 52.3 Å². The van der Waals surface area contributed by atoms with Gasteiger partial charge in [0.1, 0.15) is 23.1 Å². The number of hydrogen-bond donors (Lipinski definition) is 2. The van der Waals surface area contributed by atoms with Gasteiger partial charge in [-0.2, -0.15) is 0 Å². The van der Waals surface area contributed by atoms with Gasteiger partial charge in [0.05, 0.1) is 30.9 Å². The zero-order valence-corrected chi connectivity index (χ0v) is 23.3. The molecule has 2 aromatic carbocycles. The second-order valence-electron chi connectivity index (χ2n) is 9.32. The van der Waals surface area contributed by atoms with Crippen LogP contribution in [-0.2, 0) is 17.6 Å². The fourth-order valence-corrected chi connectivity index (χ4v) is 5.91. The summed E-state index contributed by atoms with van der Waals surface area (Å²) < 4.78 is 16.3. The summed E-state index contributed by atoms with van der Waals surface area (Å²) in [6.07, 6.45) is 2.62. The molecule has 0 spiro atoms. The van der Waals surface area contributed by atoms with Crippen LogP contribution in [-0.4, -0.2) is 44.1 Å². The third kappa shape index (κ3) is 7.17. The van der Waals surface area contributed by atoms with Crippen LogP contribution in [0.2, 0.25) is 0 Å². The van der Waals surface area contributed by atoms with Crippen LogP contribution in [0.15, 0.2) is 48.5 Å². The van der Waals surface area contributed by atoms with Crippen LogP contribution >= 0.6 is 11.3 Å². The zero-order valence-electron chi connectivity index (χ0n) is 22.5. The first-order valence-corrected chi connectivity index (χ1v) is 14.1. The number of carbonyl (C=O) groups excluding carboxylic acids is 3. The Balaban J connectivity index is 1.42. The van der Waals surface area contributed by atoms with Crippen LogP contribution in [0.1, 0.15) is 68.7 Å². The third-order valence-corrected chi connectivity index (χ3v) is 7.54. The first-order valence-electron chi connectivity index (χ1n) is 13.3. The smallest absolute Gasteiger partial charge is 0.338 e. The standard InChI is InChI=1S/C30H34N2O6S/c1-4-36-22-10-6-8-20(17-22)27(33)32-29-26(24-13-12-19(3)16-25(24)39-29)28(34)31-14-15-38-30(35)21-9-7-11-23(18-21)37-5-2/h6-11,17-19H,4-5,12-16H2,1-3H3,(H,31,34)(H,32,33). The van der Waals surface area contributed by atoms with Crippen molar-refractivity contribution in [2.75, 3.05) is 31.7 Å². The summed E-state index contributed by atoms with van der Waals surface area (Å²) in [7, 11) is 0. The van der Waals surface area contributed by atoms with Crippen LogP contribution in [0.25, 0.3) is 0 Å². The molecule has 206 valence electrons. The summed E-state index contributed by atoms with van der Waals surface area (Å²) in [4.78, 5) is 40.0. The van der Waals surface area contributed by atoms with Gasteiger partial charge < -0.3 is 24.8 Å². The van der Waals surface area contributed by atoms with Gasteiger partial charge in [0.15, 0.2) is 0 Å². The summed E-state index contributed by atoms with van der Waals surface area (Å²) in [6, 6.07) is 13.7. The number of ether oxygens (including phenoxy) is 3. The number of thiophene rings is 1. The molecule has 0 fully saturated rings. The van der Waals surface area contributed by atoms with Crippen molar-refractivity contribution in [3.63, 3.8) is 0 Å². The van der Waals surface area contributed by atoms with Gasteiger partial charge in [-0.3, -0.25) is 9.59 Å². The number of hydrogen-bond acceptors (Lipinski definition) is 7. The lowest BCUT2D eigenvalue weighted by Gasteiger charge is -2.18. The third-order valence-electron chi connectivity index (χ3n) is 6.37. The fourth-order valence-electron chi connectivity index (χ4n) is 4.51. The molecule has 0 saturated carbocycles. The monoisotopic (exact) mass is 550 g/mol. The first-order chi connectivity index (χ1) is 18.9. The Morgan fingerprint density at radius 2 is 1.62 bits per heavy atom. The molecule has 8 nitrogen and oxygen atoms in total. The molecular weight excluding hydrogens is 516 g/mol.